The van der Waals surface area contributed by atoms with Crippen molar-refractivity contribution in [2.45, 2.75) is 6.92 Å². The Hall–Kier alpha value is -5.72. The molecule has 0 nitrogen and oxygen atoms in total. The third-order valence-corrected chi connectivity index (χ3v) is 8.46. The molecule has 0 N–H and O–H groups in total. The first kappa shape index (κ1) is 30.7. The van der Waals surface area contributed by atoms with Gasteiger partial charge in [0.05, 0.1) is 0 Å². The average molecular weight is 579 g/mol. The van der Waals surface area contributed by atoms with Gasteiger partial charge in [0.25, 0.3) is 0 Å². The Kier molecular flexibility index (Phi) is 9.07. The third-order valence-electron chi connectivity index (χ3n) is 8.46. The number of hydrogen-bond donors (Lipinski definition) is 0. The largest absolute Gasteiger partial charge is 0.0984 e. The SMILES string of the molecule is C=Cc1ccc(-c2ccc(-c3c(C=C)c(C=C)c(-c4cccc(C=C)c4C=C)c4ccccc34)c(C=C)c2C=C)cc1/C=C\C. The van der Waals surface area contributed by atoms with Crippen LogP contribution in [0.3, 0.4) is 0 Å². The summed E-state index contributed by atoms with van der Waals surface area (Å²) in [7, 11) is 0. The van der Waals surface area contributed by atoms with Gasteiger partial charge in [-0.1, -0.05) is 167 Å². The van der Waals surface area contributed by atoms with Crippen molar-refractivity contribution < 1.29 is 0 Å². The van der Waals surface area contributed by atoms with Crippen molar-refractivity contribution >= 4 is 59.4 Å². The summed E-state index contributed by atoms with van der Waals surface area (Å²) in [4.78, 5) is 0. The fourth-order valence-corrected chi connectivity index (χ4v) is 6.49. The van der Waals surface area contributed by atoms with Gasteiger partial charge in [-0.05, 0) is 102 Å². The molecule has 0 saturated heterocycles. The van der Waals surface area contributed by atoms with E-state index < -0.39 is 0 Å². The van der Waals surface area contributed by atoms with Gasteiger partial charge in [0, 0.05) is 0 Å². The molecule has 0 saturated carbocycles. The lowest BCUT2D eigenvalue weighted by Crippen LogP contribution is -2.00. The van der Waals surface area contributed by atoms with Gasteiger partial charge in [-0.15, -0.1) is 0 Å². The van der Waals surface area contributed by atoms with Crippen LogP contribution in [0.25, 0.3) is 92.8 Å². The molecule has 0 atom stereocenters. The number of hydrogen-bond acceptors (Lipinski definition) is 0. The summed E-state index contributed by atoms with van der Waals surface area (Å²) in [6, 6.07) is 25.7. The van der Waals surface area contributed by atoms with Crippen molar-refractivity contribution in [1.82, 2.24) is 0 Å². The molecule has 0 radical (unpaired) electrons. The number of benzene rings is 5. The van der Waals surface area contributed by atoms with E-state index in [9.17, 15) is 0 Å². The van der Waals surface area contributed by atoms with Crippen LogP contribution >= 0.6 is 0 Å². The van der Waals surface area contributed by atoms with E-state index in [1.165, 1.54) is 0 Å². The quantitative estimate of drug-likeness (QED) is 0.146. The second-order valence-corrected chi connectivity index (χ2v) is 10.7. The van der Waals surface area contributed by atoms with Crippen LogP contribution in [-0.2, 0) is 0 Å². The Balaban J connectivity index is 1.89. The van der Waals surface area contributed by atoms with Crippen molar-refractivity contribution in [3.05, 3.63) is 169 Å². The van der Waals surface area contributed by atoms with E-state index in [2.05, 4.69) is 125 Å². The summed E-state index contributed by atoms with van der Waals surface area (Å²) >= 11 is 0. The first-order valence-electron chi connectivity index (χ1n) is 15.0. The summed E-state index contributed by atoms with van der Waals surface area (Å²) in [5.74, 6) is 0. The van der Waals surface area contributed by atoms with Crippen molar-refractivity contribution in [3.63, 3.8) is 0 Å². The van der Waals surface area contributed by atoms with Gasteiger partial charge in [-0.3, -0.25) is 0 Å². The smallest absolute Gasteiger partial charge is 0.00203 e. The molecule has 0 aliphatic carbocycles. The van der Waals surface area contributed by atoms with Crippen LogP contribution in [0, 0.1) is 0 Å². The maximum atomic E-state index is 4.31. The van der Waals surface area contributed by atoms with Crippen molar-refractivity contribution in [2.24, 2.45) is 0 Å². The third kappa shape index (κ3) is 5.22. The zero-order chi connectivity index (χ0) is 32.1. The lowest BCUT2D eigenvalue weighted by molar-refractivity contribution is 1.52. The van der Waals surface area contributed by atoms with E-state index in [1.54, 1.807) is 0 Å². The highest BCUT2D eigenvalue weighted by atomic mass is 14.3. The first-order chi connectivity index (χ1) is 22.0. The van der Waals surface area contributed by atoms with Gasteiger partial charge in [0.1, 0.15) is 0 Å². The summed E-state index contributed by atoms with van der Waals surface area (Å²) in [5.41, 5.74) is 14.8. The minimum absolute atomic E-state index is 1.01. The van der Waals surface area contributed by atoms with Gasteiger partial charge in [0.2, 0.25) is 0 Å². The van der Waals surface area contributed by atoms with E-state index in [-0.39, 0.29) is 0 Å². The molecule has 0 bridgehead atoms. The Morgan fingerprint density at radius 3 is 1.49 bits per heavy atom. The van der Waals surface area contributed by atoms with Gasteiger partial charge < -0.3 is 0 Å². The van der Waals surface area contributed by atoms with Crippen molar-refractivity contribution in [1.29, 1.82) is 0 Å². The lowest BCUT2D eigenvalue weighted by Gasteiger charge is -2.23. The highest BCUT2D eigenvalue weighted by molar-refractivity contribution is 6.13. The summed E-state index contributed by atoms with van der Waals surface area (Å²) in [6.45, 7) is 31.3. The normalized spacial score (nSPS) is 10.9. The number of rotatable bonds is 11. The molecule has 5 rings (SSSR count). The summed E-state index contributed by atoms with van der Waals surface area (Å²) in [5, 5.41) is 2.23. The second-order valence-electron chi connectivity index (χ2n) is 10.7. The highest BCUT2D eigenvalue weighted by Gasteiger charge is 2.23. The van der Waals surface area contributed by atoms with Crippen LogP contribution in [0.1, 0.15) is 51.4 Å². The van der Waals surface area contributed by atoms with Crippen molar-refractivity contribution in [3.8, 4) is 33.4 Å². The molecule has 45 heavy (non-hydrogen) atoms. The molecule has 0 fully saturated rings. The summed E-state index contributed by atoms with van der Waals surface area (Å²) < 4.78 is 0. The van der Waals surface area contributed by atoms with E-state index in [1.807, 2.05) is 55.5 Å². The predicted octanol–water partition coefficient (Wildman–Crippen LogP) is 13.4. The molecule has 5 aromatic rings. The van der Waals surface area contributed by atoms with Crippen LogP contribution in [0.5, 0.6) is 0 Å². The molecule has 0 heteroatoms. The van der Waals surface area contributed by atoms with Crippen LogP contribution in [0.15, 0.2) is 125 Å². The maximum absolute atomic E-state index is 4.31. The van der Waals surface area contributed by atoms with Gasteiger partial charge >= 0.3 is 0 Å². The molecule has 0 unspecified atom stereocenters. The molecule has 0 aromatic heterocycles. The van der Waals surface area contributed by atoms with E-state index in [4.69, 9.17) is 0 Å². The second kappa shape index (κ2) is 13.3. The zero-order valence-corrected chi connectivity index (χ0v) is 26.1. The topological polar surface area (TPSA) is 0 Å². The van der Waals surface area contributed by atoms with Gasteiger partial charge in [-0.25, -0.2) is 0 Å². The highest BCUT2D eigenvalue weighted by Crippen LogP contribution is 2.47. The maximum Gasteiger partial charge on any atom is -0.00203 e. The molecule has 0 aliphatic rings. The predicted molar refractivity (Wildman–Crippen MR) is 206 cm³/mol. The van der Waals surface area contributed by atoms with E-state index in [0.717, 1.165) is 88.7 Å². The lowest BCUT2D eigenvalue weighted by atomic mass is 9.79. The Bertz CT molecular complexity index is 2070. The number of fused-ring (bicyclic) bond motifs is 1. The van der Waals surface area contributed by atoms with Crippen LogP contribution < -0.4 is 0 Å². The Morgan fingerprint density at radius 2 is 0.956 bits per heavy atom. The van der Waals surface area contributed by atoms with E-state index in [0.29, 0.717) is 0 Å². The molecule has 0 spiro atoms. The van der Waals surface area contributed by atoms with Crippen LogP contribution in [0.2, 0.25) is 0 Å². The van der Waals surface area contributed by atoms with Crippen LogP contribution in [0.4, 0.5) is 0 Å². The van der Waals surface area contributed by atoms with Gasteiger partial charge in [-0.2, -0.15) is 0 Å². The monoisotopic (exact) mass is 578 g/mol. The van der Waals surface area contributed by atoms with Gasteiger partial charge in [0.15, 0.2) is 0 Å². The molecular weight excluding hydrogens is 540 g/mol. The molecular formula is C45H38. The first-order valence-corrected chi connectivity index (χ1v) is 15.0. The fraction of sp³-hybridized carbons (Fsp3) is 0.0222. The molecule has 218 valence electrons. The van der Waals surface area contributed by atoms with Crippen LogP contribution in [-0.4, -0.2) is 0 Å². The minimum atomic E-state index is 1.01. The number of allylic oxidation sites excluding steroid dienone is 1. The Labute approximate surface area is 268 Å². The molecule has 0 aliphatic heterocycles. The fourth-order valence-electron chi connectivity index (χ4n) is 6.49. The van der Waals surface area contributed by atoms with Crippen molar-refractivity contribution in [2.75, 3.05) is 0 Å². The minimum Gasteiger partial charge on any atom is -0.0984 e. The standard InChI is InChI=1S/C45H38/c1-9-20-32-29-33(26-25-30(32)10-2)39-27-28-43(36(14-6)35(39)13-5)45-38(16-8)37(15-7)44(41-22-17-18-23-42(41)45)40-24-19-21-31(11-3)34(40)12-4/h9-29H,2-8H2,1H3/b20-9-. The molecule has 0 heterocycles. The average Bonchev–Trinajstić information content (AvgIpc) is 3.09. The molecule has 5 aromatic carbocycles. The zero-order valence-electron chi connectivity index (χ0n) is 26.1. The molecule has 0 amide bonds. The van der Waals surface area contributed by atoms with E-state index >= 15 is 0 Å². The summed E-state index contributed by atoms with van der Waals surface area (Å²) in [6.07, 6.45) is 17.6. The Morgan fingerprint density at radius 1 is 0.422 bits per heavy atom.